The number of carbonyl (C=O) groups is 2. The molecule has 0 amide bonds. The molecule has 0 bridgehead atoms. The smallest absolute Gasteiger partial charge is 0.310 e. The van der Waals surface area contributed by atoms with Crippen LogP contribution in [0.15, 0.2) is 42.5 Å². The summed E-state index contributed by atoms with van der Waals surface area (Å²) in [6.45, 7) is 3.43. The summed E-state index contributed by atoms with van der Waals surface area (Å²) in [5, 5.41) is 0.827. The van der Waals surface area contributed by atoms with E-state index in [-0.39, 0.29) is 12.2 Å². The van der Waals surface area contributed by atoms with Gasteiger partial charge in [-0.1, -0.05) is 24.3 Å². The third-order valence-electron chi connectivity index (χ3n) is 4.61. The number of para-hydroxylation sites is 1. The lowest BCUT2D eigenvalue weighted by molar-refractivity contribution is -0.145. The Hall–Kier alpha value is -3.28. The van der Waals surface area contributed by atoms with Gasteiger partial charge in [0.1, 0.15) is 0 Å². The number of rotatable bonds is 7. The van der Waals surface area contributed by atoms with E-state index in [0.717, 1.165) is 16.6 Å². The van der Waals surface area contributed by atoms with Crippen molar-refractivity contribution in [3.05, 3.63) is 59.3 Å². The predicted octanol–water partition coefficient (Wildman–Crippen LogP) is 3.85. The molecule has 1 atom stereocenters. The van der Waals surface area contributed by atoms with E-state index >= 15 is 0 Å². The van der Waals surface area contributed by atoms with Gasteiger partial charge in [-0.15, -0.1) is 0 Å². The Morgan fingerprint density at radius 1 is 1.04 bits per heavy atom. The molecule has 146 valence electrons. The van der Waals surface area contributed by atoms with E-state index < -0.39 is 12.1 Å². The fourth-order valence-corrected chi connectivity index (χ4v) is 3.25. The number of aromatic nitrogens is 1. The first kappa shape index (κ1) is 19.5. The number of carbonyl (C=O) groups excluding carboxylic acids is 2. The summed E-state index contributed by atoms with van der Waals surface area (Å²) in [7, 11) is 3.08. The number of methoxy groups -OCH3 is 2. The highest BCUT2D eigenvalue weighted by Gasteiger charge is 2.24. The summed E-state index contributed by atoms with van der Waals surface area (Å²) in [6.07, 6.45) is -0.851. The van der Waals surface area contributed by atoms with E-state index in [1.54, 1.807) is 32.2 Å². The van der Waals surface area contributed by atoms with Crippen molar-refractivity contribution in [1.82, 2.24) is 4.98 Å². The molecule has 0 spiro atoms. The molecule has 28 heavy (non-hydrogen) atoms. The second kappa shape index (κ2) is 8.17. The number of hydrogen-bond donors (Lipinski definition) is 1. The fourth-order valence-electron chi connectivity index (χ4n) is 3.25. The van der Waals surface area contributed by atoms with Crippen molar-refractivity contribution in [2.75, 3.05) is 14.2 Å². The normalized spacial score (nSPS) is 11.9. The molecule has 1 N–H and O–H groups in total. The molecule has 0 saturated heterocycles. The Kier molecular flexibility index (Phi) is 5.68. The summed E-state index contributed by atoms with van der Waals surface area (Å²) in [6, 6.07) is 12.8. The van der Waals surface area contributed by atoms with E-state index in [2.05, 4.69) is 4.98 Å². The SMILES string of the molecule is COc1ccc(CC(=O)O[C@H](C)C(=O)c2c(C)[nH]c3ccccc23)cc1OC. The zero-order valence-corrected chi connectivity index (χ0v) is 16.4. The summed E-state index contributed by atoms with van der Waals surface area (Å²) in [5.41, 5.74) is 2.91. The van der Waals surface area contributed by atoms with Crippen molar-refractivity contribution in [3.63, 3.8) is 0 Å². The first-order valence-electron chi connectivity index (χ1n) is 8.96. The Bertz CT molecular complexity index is 1020. The van der Waals surface area contributed by atoms with Gasteiger partial charge in [-0.05, 0) is 37.6 Å². The maximum atomic E-state index is 12.9. The molecule has 0 aliphatic rings. The number of aromatic amines is 1. The molecule has 0 radical (unpaired) electrons. The third-order valence-corrected chi connectivity index (χ3v) is 4.61. The first-order valence-corrected chi connectivity index (χ1v) is 8.96. The zero-order valence-electron chi connectivity index (χ0n) is 16.4. The van der Waals surface area contributed by atoms with Crippen molar-refractivity contribution in [1.29, 1.82) is 0 Å². The van der Waals surface area contributed by atoms with E-state index in [0.29, 0.717) is 22.6 Å². The number of nitrogens with one attached hydrogen (secondary N) is 1. The largest absolute Gasteiger partial charge is 0.493 e. The molecule has 0 saturated carbocycles. The summed E-state index contributed by atoms with van der Waals surface area (Å²) in [4.78, 5) is 28.4. The molecular weight excluding hydrogens is 358 g/mol. The van der Waals surface area contributed by atoms with Gasteiger partial charge in [0.15, 0.2) is 17.6 Å². The maximum absolute atomic E-state index is 12.9. The van der Waals surface area contributed by atoms with Crippen LogP contribution < -0.4 is 9.47 Å². The molecule has 1 heterocycles. The van der Waals surface area contributed by atoms with Gasteiger partial charge in [-0.3, -0.25) is 9.59 Å². The fraction of sp³-hybridized carbons (Fsp3) is 0.273. The lowest BCUT2D eigenvalue weighted by Crippen LogP contribution is -2.25. The molecule has 0 fully saturated rings. The van der Waals surface area contributed by atoms with Crippen molar-refractivity contribution < 1.29 is 23.8 Å². The van der Waals surface area contributed by atoms with Gasteiger partial charge in [0.05, 0.1) is 20.6 Å². The van der Waals surface area contributed by atoms with Crippen molar-refractivity contribution >= 4 is 22.7 Å². The number of H-pyrrole nitrogens is 1. The Morgan fingerprint density at radius 2 is 1.75 bits per heavy atom. The highest BCUT2D eigenvalue weighted by molar-refractivity contribution is 6.11. The monoisotopic (exact) mass is 381 g/mol. The van der Waals surface area contributed by atoms with Crippen LogP contribution in [-0.2, 0) is 16.0 Å². The average molecular weight is 381 g/mol. The van der Waals surface area contributed by atoms with Gasteiger partial charge in [0, 0.05) is 22.2 Å². The van der Waals surface area contributed by atoms with Crippen LogP contribution in [0.25, 0.3) is 10.9 Å². The predicted molar refractivity (Wildman–Crippen MR) is 106 cm³/mol. The minimum absolute atomic E-state index is 0.0326. The van der Waals surface area contributed by atoms with Crippen LogP contribution in [0, 0.1) is 6.92 Å². The molecule has 0 aliphatic heterocycles. The number of benzene rings is 2. The maximum Gasteiger partial charge on any atom is 0.310 e. The number of Topliss-reactive ketones (excluding diaryl/α,β-unsaturated/α-hetero) is 1. The molecule has 3 rings (SSSR count). The van der Waals surface area contributed by atoms with Gasteiger partial charge in [0.2, 0.25) is 5.78 Å². The van der Waals surface area contributed by atoms with Crippen LogP contribution in [0.4, 0.5) is 0 Å². The summed E-state index contributed by atoms with van der Waals surface area (Å²) < 4.78 is 15.8. The zero-order chi connectivity index (χ0) is 20.3. The Balaban J connectivity index is 1.72. The molecule has 1 aromatic heterocycles. The van der Waals surface area contributed by atoms with Crippen LogP contribution in [-0.4, -0.2) is 37.1 Å². The number of ether oxygens (including phenoxy) is 3. The van der Waals surface area contributed by atoms with Crippen molar-refractivity contribution in [2.45, 2.75) is 26.4 Å². The first-order chi connectivity index (χ1) is 13.4. The number of esters is 1. The minimum atomic E-state index is -0.884. The number of ketones is 1. The van der Waals surface area contributed by atoms with E-state index in [1.165, 1.54) is 7.11 Å². The number of fused-ring (bicyclic) bond motifs is 1. The van der Waals surface area contributed by atoms with Crippen molar-refractivity contribution in [2.24, 2.45) is 0 Å². The standard InChI is InChI=1S/C22H23NO5/c1-13-21(16-7-5-6-8-17(16)23-13)22(25)14(2)28-20(24)12-15-9-10-18(26-3)19(11-15)27-4/h5-11,14,23H,12H2,1-4H3/t14-/m1/s1. The molecular formula is C22H23NO5. The third kappa shape index (κ3) is 3.86. The van der Waals surface area contributed by atoms with Crippen LogP contribution in [0.3, 0.4) is 0 Å². The minimum Gasteiger partial charge on any atom is -0.493 e. The van der Waals surface area contributed by atoms with Gasteiger partial charge >= 0.3 is 5.97 Å². The highest BCUT2D eigenvalue weighted by atomic mass is 16.5. The van der Waals surface area contributed by atoms with Crippen LogP contribution in [0.1, 0.15) is 28.5 Å². The van der Waals surface area contributed by atoms with E-state index in [9.17, 15) is 9.59 Å². The quantitative estimate of drug-likeness (QED) is 0.497. The molecule has 2 aromatic carbocycles. The second-order valence-corrected chi connectivity index (χ2v) is 6.53. The van der Waals surface area contributed by atoms with Crippen LogP contribution in [0.2, 0.25) is 0 Å². The topological polar surface area (TPSA) is 77.6 Å². The summed E-state index contributed by atoms with van der Waals surface area (Å²) >= 11 is 0. The lowest BCUT2D eigenvalue weighted by atomic mass is 10.0. The molecule has 0 aliphatic carbocycles. The molecule has 6 heteroatoms. The molecule has 0 unspecified atom stereocenters. The van der Waals surface area contributed by atoms with E-state index in [4.69, 9.17) is 14.2 Å². The number of hydrogen-bond acceptors (Lipinski definition) is 5. The lowest BCUT2D eigenvalue weighted by Gasteiger charge is -2.13. The summed E-state index contributed by atoms with van der Waals surface area (Å²) in [5.74, 6) is 0.408. The Morgan fingerprint density at radius 3 is 2.46 bits per heavy atom. The molecule has 6 nitrogen and oxygen atoms in total. The van der Waals surface area contributed by atoms with Crippen LogP contribution in [0.5, 0.6) is 11.5 Å². The second-order valence-electron chi connectivity index (χ2n) is 6.53. The average Bonchev–Trinajstić information content (AvgIpc) is 3.02. The Labute approximate surface area is 163 Å². The van der Waals surface area contributed by atoms with Gasteiger partial charge in [-0.2, -0.15) is 0 Å². The van der Waals surface area contributed by atoms with Crippen LogP contribution >= 0.6 is 0 Å². The van der Waals surface area contributed by atoms with E-state index in [1.807, 2.05) is 31.2 Å². The van der Waals surface area contributed by atoms with Crippen molar-refractivity contribution in [3.8, 4) is 11.5 Å². The highest BCUT2D eigenvalue weighted by Crippen LogP contribution is 2.28. The van der Waals surface area contributed by atoms with Gasteiger partial charge in [-0.25, -0.2) is 0 Å². The van der Waals surface area contributed by atoms with Gasteiger partial charge in [0.25, 0.3) is 0 Å². The van der Waals surface area contributed by atoms with Gasteiger partial charge < -0.3 is 19.2 Å². The molecule has 3 aromatic rings. The number of aryl methyl sites for hydroxylation is 1.